The average molecular weight is 443 g/mol. The Balaban J connectivity index is 1.85. The molecule has 0 atom stereocenters. The number of para-hydroxylation sites is 1. The van der Waals surface area contributed by atoms with E-state index in [1.165, 1.54) is 9.80 Å². The van der Waals surface area contributed by atoms with Gasteiger partial charge in [0.15, 0.2) is 5.11 Å². The summed E-state index contributed by atoms with van der Waals surface area (Å²) in [6.07, 6.45) is 3.19. The number of pyridine rings is 1. The average Bonchev–Trinajstić information content (AvgIpc) is 2.79. The van der Waals surface area contributed by atoms with E-state index in [9.17, 15) is 9.59 Å². The molecule has 2 amide bonds. The lowest BCUT2D eigenvalue weighted by molar-refractivity contribution is -0.120. The van der Waals surface area contributed by atoms with Gasteiger partial charge in [0, 0.05) is 26.0 Å². The van der Waals surface area contributed by atoms with Gasteiger partial charge in [-0.05, 0) is 66.7 Å². The normalized spacial score (nSPS) is 15.5. The van der Waals surface area contributed by atoms with Crippen molar-refractivity contribution in [1.82, 2.24) is 4.98 Å². The highest BCUT2D eigenvalue weighted by atomic mass is 32.1. The number of benzene rings is 2. The molecular formula is C25H22N4O2S. The van der Waals surface area contributed by atoms with E-state index in [0.29, 0.717) is 11.5 Å². The number of hydrogen-bond donors (Lipinski definition) is 0. The molecule has 7 heteroatoms. The van der Waals surface area contributed by atoms with Gasteiger partial charge in [-0.25, -0.2) is 9.88 Å². The second-order valence-corrected chi connectivity index (χ2v) is 7.95. The number of aryl methyl sites for hydroxylation is 1. The molecule has 0 radical (unpaired) electrons. The minimum Gasteiger partial charge on any atom is -0.378 e. The number of aromatic nitrogens is 1. The van der Waals surface area contributed by atoms with Gasteiger partial charge in [-0.1, -0.05) is 36.4 Å². The molecule has 2 aromatic carbocycles. The van der Waals surface area contributed by atoms with Crippen LogP contribution in [0.1, 0.15) is 11.1 Å². The van der Waals surface area contributed by atoms with Gasteiger partial charge in [0.1, 0.15) is 11.4 Å². The summed E-state index contributed by atoms with van der Waals surface area (Å²) in [6.45, 7) is 1.90. The zero-order valence-corrected chi connectivity index (χ0v) is 18.8. The van der Waals surface area contributed by atoms with E-state index >= 15 is 0 Å². The van der Waals surface area contributed by atoms with E-state index in [2.05, 4.69) is 4.98 Å². The molecule has 0 N–H and O–H groups in total. The number of carbonyl (C=O) groups is 2. The third-order valence-corrected chi connectivity index (χ3v) is 5.57. The molecule has 1 aliphatic rings. The number of thiocarbonyl (C=S) groups is 1. The standard InChI is InChI=1S/C25H22N4O2S/c1-17-8-4-5-9-21(17)28-23(30)20(16-18-11-13-19(14-12-18)27(2)3)24(31)29(25(28)32)22-10-6-7-15-26-22/h4-16H,1-3H3/b20-16-. The highest BCUT2D eigenvalue weighted by Crippen LogP contribution is 2.30. The van der Waals surface area contributed by atoms with Crippen LogP contribution in [0.15, 0.2) is 78.5 Å². The van der Waals surface area contributed by atoms with Gasteiger partial charge in [-0.2, -0.15) is 0 Å². The van der Waals surface area contributed by atoms with Crippen molar-refractivity contribution < 1.29 is 9.59 Å². The minimum atomic E-state index is -0.500. The molecule has 0 aliphatic carbocycles. The third kappa shape index (κ3) is 3.90. The van der Waals surface area contributed by atoms with Crippen molar-refractivity contribution in [2.75, 3.05) is 28.8 Å². The van der Waals surface area contributed by atoms with E-state index in [0.717, 1.165) is 16.8 Å². The Kier molecular flexibility index (Phi) is 5.83. The zero-order valence-electron chi connectivity index (χ0n) is 18.0. The second-order valence-electron chi connectivity index (χ2n) is 7.58. The van der Waals surface area contributed by atoms with Gasteiger partial charge >= 0.3 is 0 Å². The van der Waals surface area contributed by atoms with Crippen LogP contribution in [0.4, 0.5) is 17.2 Å². The molecule has 0 unspecified atom stereocenters. The van der Waals surface area contributed by atoms with Crippen LogP contribution in [0.3, 0.4) is 0 Å². The van der Waals surface area contributed by atoms with Crippen molar-refractivity contribution in [1.29, 1.82) is 0 Å². The summed E-state index contributed by atoms with van der Waals surface area (Å²) in [6, 6.07) is 20.3. The Labute approximate surface area is 192 Å². The number of anilines is 3. The van der Waals surface area contributed by atoms with E-state index in [1.54, 1.807) is 30.5 Å². The lowest BCUT2D eigenvalue weighted by Crippen LogP contribution is -2.57. The smallest absolute Gasteiger partial charge is 0.271 e. The Morgan fingerprint density at radius 1 is 0.875 bits per heavy atom. The molecule has 3 aromatic rings. The first-order valence-electron chi connectivity index (χ1n) is 10.1. The monoisotopic (exact) mass is 442 g/mol. The Morgan fingerprint density at radius 2 is 1.53 bits per heavy atom. The third-order valence-electron chi connectivity index (χ3n) is 5.20. The van der Waals surface area contributed by atoms with Crippen LogP contribution in [0.5, 0.6) is 0 Å². The lowest BCUT2D eigenvalue weighted by Gasteiger charge is -2.36. The lowest BCUT2D eigenvalue weighted by atomic mass is 10.0. The van der Waals surface area contributed by atoms with Gasteiger partial charge in [0.2, 0.25) is 0 Å². The Hall–Kier alpha value is -3.84. The van der Waals surface area contributed by atoms with Crippen molar-refractivity contribution in [2.45, 2.75) is 6.92 Å². The number of hydrogen-bond acceptors (Lipinski definition) is 5. The first kappa shape index (κ1) is 21.4. The van der Waals surface area contributed by atoms with Crippen molar-refractivity contribution in [3.63, 3.8) is 0 Å². The van der Waals surface area contributed by atoms with E-state index in [1.807, 2.05) is 74.4 Å². The van der Waals surface area contributed by atoms with Gasteiger partial charge in [-0.15, -0.1) is 0 Å². The fourth-order valence-corrected chi connectivity index (χ4v) is 3.84. The van der Waals surface area contributed by atoms with Crippen LogP contribution in [-0.2, 0) is 9.59 Å². The largest absolute Gasteiger partial charge is 0.378 e. The molecule has 0 spiro atoms. The van der Waals surface area contributed by atoms with Crippen molar-refractivity contribution >= 4 is 52.4 Å². The number of carbonyl (C=O) groups excluding carboxylic acids is 2. The molecule has 32 heavy (non-hydrogen) atoms. The maximum atomic E-state index is 13.5. The minimum absolute atomic E-state index is 0.0186. The first-order chi connectivity index (χ1) is 15.4. The molecule has 6 nitrogen and oxygen atoms in total. The summed E-state index contributed by atoms with van der Waals surface area (Å²) in [7, 11) is 3.90. The topological polar surface area (TPSA) is 56.8 Å². The fraction of sp³-hybridized carbons (Fsp3) is 0.120. The van der Waals surface area contributed by atoms with E-state index in [4.69, 9.17) is 12.2 Å². The molecule has 160 valence electrons. The molecule has 0 bridgehead atoms. The van der Waals surface area contributed by atoms with E-state index in [-0.39, 0.29) is 10.7 Å². The van der Waals surface area contributed by atoms with Crippen molar-refractivity contribution in [3.05, 3.63) is 89.6 Å². The Morgan fingerprint density at radius 3 is 2.16 bits per heavy atom. The van der Waals surface area contributed by atoms with Crippen LogP contribution in [-0.4, -0.2) is 36.0 Å². The molecule has 1 saturated heterocycles. The Bertz CT molecular complexity index is 1220. The highest BCUT2D eigenvalue weighted by Gasteiger charge is 2.42. The van der Waals surface area contributed by atoms with Gasteiger partial charge in [0.05, 0.1) is 5.69 Å². The molecule has 4 rings (SSSR count). The van der Waals surface area contributed by atoms with E-state index < -0.39 is 11.8 Å². The molecular weight excluding hydrogens is 420 g/mol. The first-order valence-corrected chi connectivity index (χ1v) is 10.5. The summed E-state index contributed by atoms with van der Waals surface area (Å²) < 4.78 is 0. The maximum Gasteiger partial charge on any atom is 0.271 e. The summed E-state index contributed by atoms with van der Waals surface area (Å²) >= 11 is 5.63. The predicted molar refractivity (Wildman–Crippen MR) is 132 cm³/mol. The summed E-state index contributed by atoms with van der Waals surface area (Å²) in [5, 5.41) is 0.0769. The van der Waals surface area contributed by atoms with Crippen LogP contribution < -0.4 is 14.7 Å². The highest BCUT2D eigenvalue weighted by molar-refractivity contribution is 7.81. The van der Waals surface area contributed by atoms with Crippen LogP contribution in [0, 0.1) is 6.92 Å². The molecule has 1 aromatic heterocycles. The van der Waals surface area contributed by atoms with Gasteiger partial charge in [0.25, 0.3) is 11.8 Å². The summed E-state index contributed by atoms with van der Waals surface area (Å²) in [4.78, 5) is 36.0. The molecule has 1 aliphatic heterocycles. The van der Waals surface area contributed by atoms with Crippen molar-refractivity contribution in [2.24, 2.45) is 0 Å². The maximum absolute atomic E-state index is 13.5. The van der Waals surface area contributed by atoms with Crippen LogP contribution >= 0.6 is 12.2 Å². The van der Waals surface area contributed by atoms with Gasteiger partial charge in [-0.3, -0.25) is 14.5 Å². The molecule has 0 saturated carbocycles. The number of amides is 2. The molecule has 2 heterocycles. The number of nitrogens with zero attached hydrogens (tertiary/aromatic N) is 4. The van der Waals surface area contributed by atoms with Gasteiger partial charge < -0.3 is 4.90 Å². The number of rotatable bonds is 4. The summed E-state index contributed by atoms with van der Waals surface area (Å²) in [5.74, 6) is -0.596. The SMILES string of the molecule is Cc1ccccc1N1C(=O)/C(=C/c2ccc(N(C)C)cc2)C(=O)N(c2ccccn2)C1=S. The van der Waals surface area contributed by atoms with Crippen LogP contribution in [0.25, 0.3) is 6.08 Å². The van der Waals surface area contributed by atoms with Crippen molar-refractivity contribution in [3.8, 4) is 0 Å². The zero-order chi connectivity index (χ0) is 22.8. The fourth-order valence-electron chi connectivity index (χ4n) is 3.48. The second kappa shape index (κ2) is 8.72. The van der Waals surface area contributed by atoms with Crippen LogP contribution in [0.2, 0.25) is 0 Å². The predicted octanol–water partition coefficient (Wildman–Crippen LogP) is 4.20. The molecule has 1 fully saturated rings. The quantitative estimate of drug-likeness (QED) is 0.344. The summed E-state index contributed by atoms with van der Waals surface area (Å²) in [5.41, 5.74) is 3.28.